The van der Waals surface area contributed by atoms with Gasteiger partial charge in [-0.25, -0.2) is 0 Å². The Kier molecular flexibility index (Phi) is 3.27. The Labute approximate surface area is 107 Å². The van der Waals surface area contributed by atoms with Crippen LogP contribution in [0.3, 0.4) is 0 Å². The van der Waals surface area contributed by atoms with Crippen LogP contribution in [0.2, 0.25) is 0 Å². The lowest BCUT2D eigenvalue weighted by Gasteiger charge is -2.08. The number of benzene rings is 2. The van der Waals surface area contributed by atoms with Gasteiger partial charge in [0.2, 0.25) is 0 Å². The molecule has 0 saturated heterocycles. The normalized spacial score (nSPS) is 10.3. The SMILES string of the molecule is [CH2]c1cc(Br)cc(-c2ccccc2)c1Br. The molecule has 0 nitrogen and oxygen atoms in total. The molecule has 0 N–H and O–H groups in total. The minimum atomic E-state index is 0.989. The van der Waals surface area contributed by atoms with Gasteiger partial charge in [0.05, 0.1) is 0 Å². The molecule has 0 saturated carbocycles. The molecule has 0 spiro atoms. The van der Waals surface area contributed by atoms with E-state index < -0.39 is 0 Å². The lowest BCUT2D eigenvalue weighted by molar-refractivity contribution is 1.50. The summed E-state index contributed by atoms with van der Waals surface area (Å²) in [5, 5.41) is 0. The van der Waals surface area contributed by atoms with Gasteiger partial charge in [0.15, 0.2) is 0 Å². The zero-order valence-corrected chi connectivity index (χ0v) is 11.2. The lowest BCUT2D eigenvalue weighted by Crippen LogP contribution is -1.84. The maximum absolute atomic E-state index is 3.99. The fourth-order valence-electron chi connectivity index (χ4n) is 1.47. The van der Waals surface area contributed by atoms with E-state index >= 15 is 0 Å². The first-order chi connectivity index (χ1) is 7.18. The topological polar surface area (TPSA) is 0 Å². The van der Waals surface area contributed by atoms with Crippen LogP contribution in [0, 0.1) is 6.92 Å². The van der Waals surface area contributed by atoms with E-state index in [1.165, 1.54) is 5.56 Å². The third-order valence-corrected chi connectivity index (χ3v) is 3.59. The van der Waals surface area contributed by atoms with Gasteiger partial charge in [-0.3, -0.25) is 0 Å². The van der Waals surface area contributed by atoms with Crippen molar-refractivity contribution in [3.8, 4) is 11.1 Å². The zero-order valence-electron chi connectivity index (χ0n) is 8.00. The second kappa shape index (κ2) is 4.50. The largest absolute Gasteiger partial charge is 0.0622 e. The van der Waals surface area contributed by atoms with Gasteiger partial charge >= 0.3 is 0 Å². The van der Waals surface area contributed by atoms with E-state index in [-0.39, 0.29) is 0 Å². The predicted octanol–water partition coefficient (Wildman–Crippen LogP) is 5.06. The summed E-state index contributed by atoms with van der Waals surface area (Å²) in [5.41, 5.74) is 3.34. The molecule has 0 heterocycles. The minimum absolute atomic E-state index is 0.989. The monoisotopic (exact) mass is 323 g/mol. The van der Waals surface area contributed by atoms with Gasteiger partial charge in [0.1, 0.15) is 0 Å². The summed E-state index contributed by atoms with van der Waals surface area (Å²) in [6.45, 7) is 3.99. The second-order valence-corrected chi connectivity index (χ2v) is 5.00. The Balaban J connectivity index is 2.63. The van der Waals surface area contributed by atoms with Crippen molar-refractivity contribution in [3.63, 3.8) is 0 Å². The number of hydrogen-bond donors (Lipinski definition) is 0. The van der Waals surface area contributed by atoms with Gasteiger partial charge < -0.3 is 0 Å². The van der Waals surface area contributed by atoms with Gasteiger partial charge in [-0.15, -0.1) is 0 Å². The Morgan fingerprint density at radius 1 is 0.933 bits per heavy atom. The van der Waals surface area contributed by atoms with E-state index in [2.05, 4.69) is 57.0 Å². The van der Waals surface area contributed by atoms with Crippen molar-refractivity contribution in [1.82, 2.24) is 0 Å². The molecule has 75 valence electrons. The van der Waals surface area contributed by atoms with Crippen LogP contribution in [-0.2, 0) is 0 Å². The van der Waals surface area contributed by atoms with Gasteiger partial charge in [0, 0.05) is 8.95 Å². The minimum Gasteiger partial charge on any atom is -0.0622 e. The van der Waals surface area contributed by atoms with Crippen molar-refractivity contribution in [3.05, 3.63) is 63.9 Å². The molecule has 0 aliphatic rings. The summed E-state index contributed by atoms with van der Waals surface area (Å²) in [4.78, 5) is 0. The lowest BCUT2D eigenvalue weighted by atomic mass is 10.0. The molecule has 0 bridgehead atoms. The summed E-state index contributed by atoms with van der Waals surface area (Å²) < 4.78 is 2.10. The molecule has 0 aromatic heterocycles. The maximum Gasteiger partial charge on any atom is 0.0286 e. The Hall–Kier alpha value is -0.600. The van der Waals surface area contributed by atoms with Crippen LogP contribution in [-0.4, -0.2) is 0 Å². The molecule has 0 aliphatic heterocycles. The average molecular weight is 325 g/mol. The van der Waals surface area contributed by atoms with Crippen LogP contribution in [0.5, 0.6) is 0 Å². The van der Waals surface area contributed by atoms with Crippen molar-refractivity contribution >= 4 is 31.9 Å². The van der Waals surface area contributed by atoms with Crippen LogP contribution in [0.15, 0.2) is 51.4 Å². The third-order valence-electron chi connectivity index (χ3n) is 2.20. The Morgan fingerprint density at radius 2 is 1.60 bits per heavy atom. The molecule has 15 heavy (non-hydrogen) atoms. The summed E-state index contributed by atoms with van der Waals surface area (Å²) in [5.74, 6) is 0. The van der Waals surface area contributed by atoms with Crippen LogP contribution in [0.4, 0.5) is 0 Å². The Morgan fingerprint density at radius 3 is 2.27 bits per heavy atom. The molecule has 2 heteroatoms. The summed E-state index contributed by atoms with van der Waals surface area (Å²) >= 11 is 7.05. The zero-order chi connectivity index (χ0) is 10.8. The number of rotatable bonds is 1. The maximum atomic E-state index is 3.99. The molecule has 0 amide bonds. The molecular formula is C13H9Br2. The summed E-state index contributed by atoms with van der Waals surface area (Å²) in [7, 11) is 0. The number of halogens is 2. The molecule has 2 aromatic carbocycles. The van der Waals surface area contributed by atoms with Crippen molar-refractivity contribution in [2.75, 3.05) is 0 Å². The van der Waals surface area contributed by atoms with Crippen molar-refractivity contribution in [2.24, 2.45) is 0 Å². The highest BCUT2D eigenvalue weighted by Crippen LogP contribution is 2.33. The fourth-order valence-corrected chi connectivity index (χ4v) is 2.44. The first kappa shape index (κ1) is 10.9. The molecule has 0 unspecified atom stereocenters. The first-order valence-corrected chi connectivity index (χ1v) is 6.13. The quantitative estimate of drug-likeness (QED) is 0.687. The highest BCUT2D eigenvalue weighted by molar-refractivity contribution is 9.11. The molecule has 2 rings (SSSR count). The molecule has 2 aromatic rings. The molecule has 1 radical (unpaired) electrons. The predicted molar refractivity (Wildman–Crippen MR) is 71.7 cm³/mol. The van der Waals surface area contributed by atoms with Crippen molar-refractivity contribution in [2.45, 2.75) is 0 Å². The van der Waals surface area contributed by atoms with E-state index in [0.29, 0.717) is 0 Å². The highest BCUT2D eigenvalue weighted by Gasteiger charge is 2.06. The van der Waals surface area contributed by atoms with Crippen LogP contribution in [0.25, 0.3) is 11.1 Å². The molecule has 0 fully saturated rings. The highest BCUT2D eigenvalue weighted by atomic mass is 79.9. The molecule has 0 aliphatic carbocycles. The molecule has 0 atom stereocenters. The van der Waals surface area contributed by atoms with E-state index in [0.717, 1.165) is 20.1 Å². The average Bonchev–Trinajstić information content (AvgIpc) is 2.24. The standard InChI is InChI=1S/C13H9Br2/c1-9-7-11(14)8-12(13(9)15)10-5-3-2-4-6-10/h2-8H,1H2. The van der Waals surface area contributed by atoms with Crippen molar-refractivity contribution in [1.29, 1.82) is 0 Å². The van der Waals surface area contributed by atoms with Gasteiger partial charge in [-0.05, 0) is 51.7 Å². The van der Waals surface area contributed by atoms with Gasteiger partial charge in [-0.2, -0.15) is 0 Å². The third kappa shape index (κ3) is 2.32. The van der Waals surface area contributed by atoms with E-state index in [4.69, 9.17) is 0 Å². The smallest absolute Gasteiger partial charge is 0.0286 e. The van der Waals surface area contributed by atoms with Crippen LogP contribution < -0.4 is 0 Å². The van der Waals surface area contributed by atoms with Crippen LogP contribution >= 0.6 is 31.9 Å². The van der Waals surface area contributed by atoms with Crippen LogP contribution in [0.1, 0.15) is 5.56 Å². The Bertz CT molecular complexity index is 475. The van der Waals surface area contributed by atoms with Gasteiger partial charge in [0.25, 0.3) is 0 Å². The van der Waals surface area contributed by atoms with E-state index in [9.17, 15) is 0 Å². The van der Waals surface area contributed by atoms with Gasteiger partial charge in [-0.1, -0.05) is 46.3 Å². The second-order valence-electron chi connectivity index (χ2n) is 3.29. The van der Waals surface area contributed by atoms with E-state index in [1.54, 1.807) is 0 Å². The summed E-state index contributed by atoms with van der Waals surface area (Å²) in [6, 6.07) is 14.3. The van der Waals surface area contributed by atoms with Crippen molar-refractivity contribution < 1.29 is 0 Å². The first-order valence-electron chi connectivity index (χ1n) is 4.55. The van der Waals surface area contributed by atoms with E-state index in [1.807, 2.05) is 24.3 Å². The fraction of sp³-hybridized carbons (Fsp3) is 0. The molecular weight excluding hydrogens is 316 g/mol. The summed E-state index contributed by atoms with van der Waals surface area (Å²) in [6.07, 6.45) is 0. The number of hydrogen-bond acceptors (Lipinski definition) is 0.